The molecule has 1 aromatic heterocycles. The molecule has 2 heterocycles. The zero-order valence-corrected chi connectivity index (χ0v) is 12.3. The maximum atomic E-state index is 11.1. The number of carbonyl (C=O) groups excluding carboxylic acids is 1. The van der Waals surface area contributed by atoms with E-state index in [9.17, 15) is 4.79 Å². The van der Waals surface area contributed by atoms with Crippen molar-refractivity contribution in [2.24, 2.45) is 5.73 Å². The summed E-state index contributed by atoms with van der Waals surface area (Å²) in [6, 6.07) is 1.77. The Morgan fingerprint density at radius 1 is 1.44 bits per heavy atom. The number of carbonyl (C=O) groups is 1. The lowest BCUT2D eigenvalue weighted by Gasteiger charge is -2.26. The van der Waals surface area contributed by atoms with Gasteiger partial charge >= 0.3 is 0 Å². The molecule has 0 aliphatic carbocycles. The summed E-state index contributed by atoms with van der Waals surface area (Å²) in [4.78, 5) is 13.4. The fraction of sp³-hybridized carbons (Fsp3) is 0.636. The van der Waals surface area contributed by atoms with Gasteiger partial charge in [0.05, 0.1) is 19.8 Å². The van der Waals surface area contributed by atoms with Gasteiger partial charge < -0.3 is 10.5 Å². The molecule has 1 fully saturated rings. The molecule has 1 aliphatic heterocycles. The highest BCUT2D eigenvalue weighted by Crippen LogP contribution is 2.09. The summed E-state index contributed by atoms with van der Waals surface area (Å²) in [5.41, 5.74) is 6.64. The Morgan fingerprint density at radius 2 is 2.17 bits per heavy atom. The van der Waals surface area contributed by atoms with Crippen LogP contribution in [0.25, 0.3) is 0 Å². The first-order valence-corrected chi connectivity index (χ1v) is 7.46. The number of morpholine rings is 1. The predicted octanol–water partition coefficient (Wildman–Crippen LogP) is 0.249. The molecule has 0 bridgehead atoms. The Kier molecular flexibility index (Phi) is 4.95. The second kappa shape index (κ2) is 6.48. The van der Waals surface area contributed by atoms with E-state index in [0.29, 0.717) is 5.69 Å². The lowest BCUT2D eigenvalue weighted by molar-refractivity contribution is 0.0359. The number of aromatic nitrogens is 2. The van der Waals surface area contributed by atoms with Gasteiger partial charge in [0.25, 0.3) is 5.91 Å². The van der Waals surface area contributed by atoms with Crippen molar-refractivity contribution >= 4 is 28.5 Å². The topological polar surface area (TPSA) is 73.4 Å². The third kappa shape index (κ3) is 3.42. The summed E-state index contributed by atoms with van der Waals surface area (Å²) < 4.78 is 8.00. The van der Waals surface area contributed by atoms with Crippen molar-refractivity contribution in [3.05, 3.63) is 17.5 Å². The second-order valence-electron chi connectivity index (χ2n) is 4.20. The summed E-state index contributed by atoms with van der Waals surface area (Å²) in [7, 11) is 0. The van der Waals surface area contributed by atoms with Crippen molar-refractivity contribution in [2.45, 2.75) is 11.0 Å². The minimum absolute atomic E-state index is 0.351. The maximum absolute atomic E-state index is 11.1. The number of rotatable bonds is 5. The SMILES string of the molecule is NC(=O)c1cc(CI)n(CCN2CCOCC2)n1. The standard InChI is InChI=1S/C11H17IN4O2/c12-8-9-7-10(11(13)17)14-16(9)2-1-15-3-5-18-6-4-15/h7H,1-6,8H2,(H2,13,17). The first kappa shape index (κ1) is 13.8. The molecule has 0 saturated carbocycles. The molecule has 2 rings (SSSR count). The maximum Gasteiger partial charge on any atom is 0.269 e. The third-order valence-electron chi connectivity index (χ3n) is 2.98. The van der Waals surface area contributed by atoms with E-state index in [4.69, 9.17) is 10.5 Å². The zero-order chi connectivity index (χ0) is 13.0. The minimum atomic E-state index is -0.466. The summed E-state index contributed by atoms with van der Waals surface area (Å²) in [6.45, 7) is 5.22. The Balaban J connectivity index is 1.96. The van der Waals surface area contributed by atoms with Gasteiger partial charge in [-0.1, -0.05) is 22.6 Å². The summed E-state index contributed by atoms with van der Waals surface area (Å²) in [5.74, 6) is -0.466. The average Bonchev–Trinajstić information content (AvgIpc) is 2.81. The molecule has 100 valence electrons. The van der Waals surface area contributed by atoms with Gasteiger partial charge in [0.15, 0.2) is 0 Å². The normalized spacial score (nSPS) is 16.9. The van der Waals surface area contributed by atoms with Crippen molar-refractivity contribution in [3.8, 4) is 0 Å². The van der Waals surface area contributed by atoms with Gasteiger partial charge in [-0.15, -0.1) is 0 Å². The lowest BCUT2D eigenvalue weighted by atomic mass is 10.3. The van der Waals surface area contributed by atoms with Crippen molar-refractivity contribution in [1.82, 2.24) is 14.7 Å². The monoisotopic (exact) mass is 364 g/mol. The van der Waals surface area contributed by atoms with Crippen LogP contribution in [-0.4, -0.2) is 53.4 Å². The highest BCUT2D eigenvalue weighted by molar-refractivity contribution is 14.1. The molecule has 0 atom stereocenters. The molecule has 7 heteroatoms. The second-order valence-corrected chi connectivity index (χ2v) is 4.96. The van der Waals surface area contributed by atoms with Gasteiger partial charge in [-0.2, -0.15) is 5.10 Å². The molecule has 0 spiro atoms. The molecule has 0 unspecified atom stereocenters. The molecule has 0 aromatic carbocycles. The van der Waals surface area contributed by atoms with Crippen molar-refractivity contribution in [1.29, 1.82) is 0 Å². The summed E-state index contributed by atoms with van der Waals surface area (Å²) >= 11 is 2.26. The molecule has 0 radical (unpaired) electrons. The van der Waals surface area contributed by atoms with Crippen molar-refractivity contribution in [3.63, 3.8) is 0 Å². The van der Waals surface area contributed by atoms with Gasteiger partial charge in [0.2, 0.25) is 0 Å². The highest BCUT2D eigenvalue weighted by atomic mass is 127. The number of hydrogen-bond acceptors (Lipinski definition) is 4. The van der Waals surface area contributed by atoms with E-state index in [1.54, 1.807) is 6.07 Å². The van der Waals surface area contributed by atoms with Crippen molar-refractivity contribution < 1.29 is 9.53 Å². The van der Waals surface area contributed by atoms with E-state index >= 15 is 0 Å². The molecule has 1 saturated heterocycles. The predicted molar refractivity (Wildman–Crippen MR) is 75.7 cm³/mol. The molecule has 6 nitrogen and oxygen atoms in total. The number of nitrogens with two attached hydrogens (primary N) is 1. The van der Waals surface area contributed by atoms with Crippen LogP contribution in [0.4, 0.5) is 0 Å². The van der Waals surface area contributed by atoms with E-state index in [2.05, 4.69) is 32.6 Å². The van der Waals surface area contributed by atoms with Gasteiger partial charge in [-0.3, -0.25) is 14.4 Å². The van der Waals surface area contributed by atoms with Crippen LogP contribution in [0.3, 0.4) is 0 Å². The van der Waals surface area contributed by atoms with Gasteiger partial charge in [-0.05, 0) is 6.07 Å². The number of alkyl halides is 1. The number of nitrogens with zero attached hydrogens (tertiary/aromatic N) is 3. The fourth-order valence-electron chi connectivity index (χ4n) is 1.94. The Hall–Kier alpha value is -0.670. The number of hydrogen-bond donors (Lipinski definition) is 1. The molecule has 1 aliphatic rings. The van der Waals surface area contributed by atoms with Crippen molar-refractivity contribution in [2.75, 3.05) is 32.8 Å². The van der Waals surface area contributed by atoms with Crippen LogP contribution in [0, 0.1) is 0 Å². The smallest absolute Gasteiger partial charge is 0.269 e. The number of halogens is 1. The molecular weight excluding hydrogens is 347 g/mol. The van der Waals surface area contributed by atoms with Crippen LogP contribution in [-0.2, 0) is 15.7 Å². The fourth-order valence-corrected chi connectivity index (χ4v) is 2.55. The van der Waals surface area contributed by atoms with Crippen LogP contribution in [0.1, 0.15) is 16.2 Å². The van der Waals surface area contributed by atoms with Gasteiger partial charge in [0, 0.05) is 29.8 Å². The van der Waals surface area contributed by atoms with Gasteiger partial charge in [0.1, 0.15) is 5.69 Å². The lowest BCUT2D eigenvalue weighted by Crippen LogP contribution is -2.38. The Morgan fingerprint density at radius 3 is 2.78 bits per heavy atom. The van der Waals surface area contributed by atoms with Crippen LogP contribution in [0.15, 0.2) is 6.07 Å². The molecule has 18 heavy (non-hydrogen) atoms. The van der Waals surface area contributed by atoms with E-state index in [1.807, 2.05) is 4.68 Å². The largest absolute Gasteiger partial charge is 0.379 e. The molecule has 1 amide bonds. The Labute approximate surface area is 120 Å². The van der Waals surface area contributed by atoms with Gasteiger partial charge in [-0.25, -0.2) is 0 Å². The first-order valence-electron chi connectivity index (χ1n) is 5.93. The highest BCUT2D eigenvalue weighted by Gasteiger charge is 2.13. The van der Waals surface area contributed by atoms with E-state index < -0.39 is 5.91 Å². The summed E-state index contributed by atoms with van der Waals surface area (Å²) in [6.07, 6.45) is 0. The molecular formula is C11H17IN4O2. The Bertz CT molecular complexity index is 415. The third-order valence-corrected chi connectivity index (χ3v) is 3.77. The molecule has 1 aromatic rings. The van der Waals surface area contributed by atoms with Crippen LogP contribution in [0.2, 0.25) is 0 Å². The number of ether oxygens (including phenoxy) is 1. The molecule has 2 N–H and O–H groups in total. The van der Waals surface area contributed by atoms with Crippen LogP contribution in [0.5, 0.6) is 0 Å². The first-order chi connectivity index (χ1) is 8.70. The quantitative estimate of drug-likeness (QED) is 0.601. The summed E-state index contributed by atoms with van der Waals surface area (Å²) in [5, 5.41) is 4.24. The average molecular weight is 364 g/mol. The van der Waals surface area contributed by atoms with Crippen LogP contribution < -0.4 is 5.73 Å². The van der Waals surface area contributed by atoms with Crippen LogP contribution >= 0.6 is 22.6 Å². The minimum Gasteiger partial charge on any atom is -0.379 e. The van der Waals surface area contributed by atoms with E-state index in [-0.39, 0.29) is 0 Å². The van der Waals surface area contributed by atoms with E-state index in [0.717, 1.165) is 49.5 Å². The number of primary amides is 1. The zero-order valence-electron chi connectivity index (χ0n) is 10.1. The van der Waals surface area contributed by atoms with E-state index in [1.165, 1.54) is 0 Å². The number of amides is 1.